The molecule has 3 aromatic rings. The molecule has 2 aliphatic heterocycles. The Bertz CT molecular complexity index is 1780. The molecule has 0 saturated carbocycles. The number of cyclic esters (lactones) is 1. The second-order valence-corrected chi connectivity index (χ2v) is 14.3. The Hall–Kier alpha value is -3.41. The number of aliphatic imine (C=N–C) groups is 1. The predicted molar refractivity (Wildman–Crippen MR) is 159 cm³/mol. The normalized spacial score (nSPS) is 20.1. The number of aromatic nitrogens is 2. The van der Waals surface area contributed by atoms with Crippen LogP contribution in [0.2, 0.25) is 0 Å². The molecule has 3 N–H and O–H groups in total. The zero-order valence-electron chi connectivity index (χ0n) is 24.2. The van der Waals surface area contributed by atoms with Crippen molar-refractivity contribution in [2.75, 3.05) is 0 Å². The fraction of sp³-hybridized carbons (Fsp3) is 0.452. The van der Waals surface area contributed by atoms with Gasteiger partial charge in [0.2, 0.25) is 0 Å². The van der Waals surface area contributed by atoms with Gasteiger partial charge in [-0.1, -0.05) is 13.8 Å². The van der Waals surface area contributed by atoms with Crippen molar-refractivity contribution >= 4 is 40.8 Å². The summed E-state index contributed by atoms with van der Waals surface area (Å²) < 4.78 is 21.1. The average molecular weight is 593 g/mol. The lowest BCUT2D eigenvalue weighted by molar-refractivity contribution is -0.157. The summed E-state index contributed by atoms with van der Waals surface area (Å²) in [4.78, 5) is 47.9. The number of carbonyl (C=O) groups is 2. The van der Waals surface area contributed by atoms with Gasteiger partial charge in [0, 0.05) is 39.5 Å². The standard InChI is InChI=1S/C31H33FN4O5S/c1-13(2)42-31(4,5)27(33)28(38)34-10-15-6-7-16-14(3)20(32)9-21-24(16)23(15)18-11-36-22(25(18)35-21)8-17-19(29(36)39)12-41-30(40)26(17)37/h8-10,13,15,26-27,37H,6-7,11-12,33H2,1-5H3/b34-10-/t15?,26-,27+/m0/s1. The first-order valence-electron chi connectivity index (χ1n) is 14.1. The van der Waals surface area contributed by atoms with E-state index in [-0.39, 0.29) is 46.8 Å². The fourth-order valence-corrected chi connectivity index (χ4v) is 7.97. The van der Waals surface area contributed by atoms with Crippen LogP contribution in [-0.4, -0.2) is 48.8 Å². The summed E-state index contributed by atoms with van der Waals surface area (Å²) in [6.45, 7) is 9.71. The van der Waals surface area contributed by atoms with Crippen molar-refractivity contribution in [3.05, 3.63) is 61.7 Å². The van der Waals surface area contributed by atoms with Crippen LogP contribution in [0.4, 0.5) is 4.39 Å². The first-order valence-corrected chi connectivity index (χ1v) is 15.0. The van der Waals surface area contributed by atoms with Gasteiger partial charge in [-0.25, -0.2) is 19.2 Å². The van der Waals surface area contributed by atoms with Crippen LogP contribution in [0, 0.1) is 12.7 Å². The van der Waals surface area contributed by atoms with Gasteiger partial charge in [0.15, 0.2) is 6.10 Å². The van der Waals surface area contributed by atoms with Crippen LogP contribution in [0.25, 0.3) is 22.3 Å². The highest BCUT2D eigenvalue weighted by Crippen LogP contribution is 2.45. The number of esters is 1. The fourth-order valence-electron chi connectivity index (χ4n) is 6.51. The van der Waals surface area contributed by atoms with Gasteiger partial charge < -0.3 is 20.1 Å². The van der Waals surface area contributed by atoms with Crippen molar-refractivity contribution in [1.29, 1.82) is 0 Å². The van der Waals surface area contributed by atoms with Crippen LogP contribution in [0.1, 0.15) is 79.5 Å². The Morgan fingerprint density at radius 1 is 1.29 bits per heavy atom. The molecular formula is C31H33FN4O5S. The van der Waals surface area contributed by atoms with Crippen molar-refractivity contribution in [3.63, 3.8) is 0 Å². The number of carbonyl (C=O) groups excluding carboxylic acids is 2. The molecule has 3 atom stereocenters. The van der Waals surface area contributed by atoms with Gasteiger partial charge >= 0.3 is 5.97 Å². The van der Waals surface area contributed by atoms with Crippen LogP contribution in [-0.2, 0) is 33.9 Å². The number of hydrogen-bond acceptors (Lipinski definition) is 8. The van der Waals surface area contributed by atoms with E-state index in [0.717, 1.165) is 22.1 Å². The second-order valence-electron chi connectivity index (χ2n) is 12.1. The number of nitrogens with zero attached hydrogens (tertiary/aromatic N) is 3. The highest BCUT2D eigenvalue weighted by molar-refractivity contribution is 8.01. The van der Waals surface area contributed by atoms with E-state index in [9.17, 15) is 19.5 Å². The summed E-state index contributed by atoms with van der Waals surface area (Å²) in [6, 6.07) is 2.20. The Labute approximate surface area is 246 Å². The van der Waals surface area contributed by atoms with E-state index < -0.39 is 28.8 Å². The number of rotatable bonds is 5. The van der Waals surface area contributed by atoms with Gasteiger partial charge in [-0.3, -0.25) is 9.59 Å². The van der Waals surface area contributed by atoms with Crippen molar-refractivity contribution in [2.45, 2.75) is 88.7 Å². The third-order valence-electron chi connectivity index (χ3n) is 8.63. The molecule has 2 aromatic heterocycles. The summed E-state index contributed by atoms with van der Waals surface area (Å²) in [5, 5.41) is 11.6. The first kappa shape index (κ1) is 28.7. The van der Waals surface area contributed by atoms with E-state index in [0.29, 0.717) is 35.3 Å². The molecule has 9 nitrogen and oxygen atoms in total. The quantitative estimate of drug-likeness (QED) is 0.264. The number of benzene rings is 1. The molecule has 1 aromatic carbocycles. The molecule has 0 radical (unpaired) electrons. The number of nitrogens with two attached hydrogens (primary N) is 1. The molecule has 220 valence electrons. The maximum absolute atomic E-state index is 15.1. The zero-order chi connectivity index (χ0) is 30.2. The third kappa shape index (κ3) is 4.40. The summed E-state index contributed by atoms with van der Waals surface area (Å²) in [5.74, 6) is -1.90. The number of aliphatic hydroxyl groups excluding tert-OH is 1. The molecule has 0 fully saturated rings. The number of aliphatic hydroxyl groups is 1. The Morgan fingerprint density at radius 2 is 2.02 bits per heavy atom. The highest BCUT2D eigenvalue weighted by atomic mass is 32.2. The van der Waals surface area contributed by atoms with Gasteiger partial charge in [-0.15, -0.1) is 0 Å². The molecule has 0 spiro atoms. The minimum atomic E-state index is -1.57. The molecule has 11 heteroatoms. The lowest BCUT2D eigenvalue weighted by Crippen LogP contribution is -2.46. The minimum absolute atomic E-state index is 0.196. The summed E-state index contributed by atoms with van der Waals surface area (Å²) in [6.07, 6.45) is 1.23. The van der Waals surface area contributed by atoms with Crippen molar-refractivity contribution in [3.8, 4) is 11.4 Å². The van der Waals surface area contributed by atoms with Crippen molar-refractivity contribution in [2.24, 2.45) is 10.7 Å². The minimum Gasteiger partial charge on any atom is -0.458 e. The van der Waals surface area contributed by atoms with Crippen LogP contribution in [0.15, 0.2) is 21.9 Å². The topological polar surface area (TPSA) is 137 Å². The molecular weight excluding hydrogens is 559 g/mol. The Balaban J connectivity index is 1.50. The molecule has 0 bridgehead atoms. The number of ether oxygens (including phenoxy) is 1. The van der Waals surface area contributed by atoms with E-state index in [4.69, 9.17) is 15.5 Å². The van der Waals surface area contributed by atoms with E-state index in [2.05, 4.69) is 18.8 Å². The summed E-state index contributed by atoms with van der Waals surface area (Å²) in [5.41, 5.74) is 10.8. The molecule has 4 heterocycles. The molecule has 0 saturated heterocycles. The molecule has 1 aliphatic carbocycles. The zero-order valence-corrected chi connectivity index (χ0v) is 25.0. The largest absolute Gasteiger partial charge is 0.458 e. The number of amides is 1. The van der Waals surface area contributed by atoms with Crippen LogP contribution in [0.5, 0.6) is 0 Å². The van der Waals surface area contributed by atoms with Gasteiger partial charge in [-0.05, 0) is 61.6 Å². The maximum Gasteiger partial charge on any atom is 0.340 e. The van der Waals surface area contributed by atoms with Crippen molar-refractivity contribution < 1.29 is 23.8 Å². The van der Waals surface area contributed by atoms with E-state index in [1.54, 1.807) is 35.5 Å². The SMILES string of the molecule is Cc1c(F)cc2nc3c(c4c2c1CCC4/C=N\C(=O)[C@@H](N)C(C)(C)SC(C)C)Cn1c-3cc2c(c1=O)COC(=O)[C@H]2O. The first-order chi connectivity index (χ1) is 19.8. The highest BCUT2D eigenvalue weighted by Gasteiger charge is 2.38. The lowest BCUT2D eigenvalue weighted by atomic mass is 9.78. The average Bonchev–Trinajstić information content (AvgIpc) is 3.30. The lowest BCUT2D eigenvalue weighted by Gasteiger charge is -2.30. The number of thioether (sulfide) groups is 1. The molecule has 3 aliphatic rings. The third-order valence-corrected chi connectivity index (χ3v) is 9.96. The maximum atomic E-state index is 15.1. The Kier molecular flexibility index (Phi) is 6.90. The van der Waals surface area contributed by atoms with Crippen molar-refractivity contribution in [1.82, 2.24) is 9.55 Å². The van der Waals surface area contributed by atoms with E-state index in [1.807, 2.05) is 13.8 Å². The summed E-state index contributed by atoms with van der Waals surface area (Å²) >= 11 is 1.62. The number of fused-ring (bicyclic) bond motifs is 5. The number of pyridine rings is 2. The monoisotopic (exact) mass is 592 g/mol. The smallest absolute Gasteiger partial charge is 0.340 e. The van der Waals surface area contributed by atoms with Gasteiger partial charge in [0.1, 0.15) is 18.5 Å². The molecule has 42 heavy (non-hydrogen) atoms. The van der Waals surface area contributed by atoms with Crippen LogP contribution < -0.4 is 11.3 Å². The predicted octanol–water partition coefficient (Wildman–Crippen LogP) is 3.84. The van der Waals surface area contributed by atoms with Gasteiger partial charge in [0.05, 0.1) is 29.0 Å². The number of aryl methyl sites for hydroxylation is 1. The van der Waals surface area contributed by atoms with E-state index in [1.165, 1.54) is 6.07 Å². The Morgan fingerprint density at radius 3 is 2.74 bits per heavy atom. The second kappa shape index (κ2) is 10.1. The number of halogens is 1. The van der Waals surface area contributed by atoms with E-state index >= 15 is 4.39 Å². The summed E-state index contributed by atoms with van der Waals surface area (Å²) in [7, 11) is 0. The van der Waals surface area contributed by atoms with Crippen LogP contribution >= 0.6 is 11.8 Å². The number of hydrogen-bond donors (Lipinski definition) is 2. The molecule has 1 amide bonds. The van der Waals surface area contributed by atoms with Crippen LogP contribution in [0.3, 0.4) is 0 Å². The van der Waals surface area contributed by atoms with Gasteiger partial charge in [-0.2, -0.15) is 11.8 Å². The molecule has 1 unspecified atom stereocenters. The van der Waals surface area contributed by atoms with Gasteiger partial charge in [0.25, 0.3) is 11.5 Å². The molecule has 6 rings (SSSR count).